The number of carbonyl (C=O) groups excluding carboxylic acids is 2. The van der Waals surface area contributed by atoms with Crippen LogP contribution in [0.25, 0.3) is 0 Å². The van der Waals surface area contributed by atoms with Crippen molar-refractivity contribution in [1.29, 1.82) is 0 Å². The molecule has 0 aliphatic carbocycles. The second kappa shape index (κ2) is 9.08. The molecule has 2 aromatic rings. The molecule has 0 aliphatic rings. The first-order valence-electron chi connectivity index (χ1n) is 8.53. The summed E-state index contributed by atoms with van der Waals surface area (Å²) < 4.78 is 26.3. The van der Waals surface area contributed by atoms with Crippen LogP contribution in [-0.4, -0.2) is 18.4 Å². The van der Waals surface area contributed by atoms with E-state index in [0.717, 1.165) is 18.6 Å². The number of nitrogens with one attached hydrogen (secondary N) is 2. The maximum Gasteiger partial charge on any atom is 0.254 e. The Morgan fingerprint density at radius 3 is 2.38 bits per heavy atom. The van der Waals surface area contributed by atoms with Gasteiger partial charge in [0.2, 0.25) is 5.91 Å². The average Bonchev–Trinajstić information content (AvgIpc) is 2.61. The van der Waals surface area contributed by atoms with Gasteiger partial charge in [0.15, 0.2) is 0 Å². The summed E-state index contributed by atoms with van der Waals surface area (Å²) in [5, 5.41) is 5.19. The van der Waals surface area contributed by atoms with Crippen LogP contribution < -0.4 is 10.6 Å². The van der Waals surface area contributed by atoms with Crippen LogP contribution in [0.3, 0.4) is 0 Å². The average molecular weight is 360 g/mol. The van der Waals surface area contributed by atoms with E-state index in [-0.39, 0.29) is 24.4 Å². The molecular weight excluding hydrogens is 338 g/mol. The van der Waals surface area contributed by atoms with Crippen molar-refractivity contribution in [3.63, 3.8) is 0 Å². The van der Waals surface area contributed by atoms with E-state index in [1.165, 1.54) is 5.56 Å². The lowest BCUT2D eigenvalue weighted by atomic mass is 9.99. The molecule has 2 aromatic carbocycles. The molecule has 0 aromatic heterocycles. The van der Waals surface area contributed by atoms with E-state index in [2.05, 4.69) is 24.5 Å². The van der Waals surface area contributed by atoms with E-state index in [9.17, 15) is 18.4 Å². The molecule has 0 radical (unpaired) electrons. The summed E-state index contributed by atoms with van der Waals surface area (Å²) in [6.45, 7) is 4.30. The first kappa shape index (κ1) is 19.6. The van der Waals surface area contributed by atoms with Crippen LogP contribution in [-0.2, 0) is 4.79 Å². The van der Waals surface area contributed by atoms with Gasteiger partial charge in [-0.25, -0.2) is 8.78 Å². The summed E-state index contributed by atoms with van der Waals surface area (Å²) in [4.78, 5) is 23.8. The van der Waals surface area contributed by atoms with Gasteiger partial charge in [-0.15, -0.1) is 0 Å². The topological polar surface area (TPSA) is 58.2 Å². The molecule has 0 spiro atoms. The summed E-state index contributed by atoms with van der Waals surface area (Å²) in [6.07, 6.45) is 1.09. The molecule has 4 nitrogen and oxygen atoms in total. The Balaban J connectivity index is 1.80. The van der Waals surface area contributed by atoms with Crippen molar-refractivity contribution >= 4 is 17.5 Å². The number of amides is 2. The Kier molecular flexibility index (Phi) is 6.83. The molecule has 2 N–H and O–H groups in total. The first-order chi connectivity index (χ1) is 12.4. The summed E-state index contributed by atoms with van der Waals surface area (Å²) in [5.41, 5.74) is 1.63. The molecule has 0 heterocycles. The summed E-state index contributed by atoms with van der Waals surface area (Å²) >= 11 is 0. The Hall–Kier alpha value is -2.76. The van der Waals surface area contributed by atoms with E-state index in [1.54, 1.807) is 0 Å². The van der Waals surface area contributed by atoms with Crippen LogP contribution in [0.1, 0.15) is 48.5 Å². The normalized spacial score (nSPS) is 11.7. The van der Waals surface area contributed by atoms with E-state index in [0.29, 0.717) is 17.7 Å². The van der Waals surface area contributed by atoms with Gasteiger partial charge in [0.25, 0.3) is 5.91 Å². The zero-order chi connectivity index (χ0) is 19.1. The fourth-order valence-corrected chi connectivity index (χ4v) is 2.41. The molecule has 0 aliphatic heterocycles. The number of carbonyl (C=O) groups is 2. The second-order valence-electron chi connectivity index (χ2n) is 6.11. The van der Waals surface area contributed by atoms with Crippen molar-refractivity contribution in [3.8, 4) is 0 Å². The lowest BCUT2D eigenvalue weighted by Gasteiger charge is -2.11. The van der Waals surface area contributed by atoms with E-state index in [1.807, 2.05) is 24.3 Å². The van der Waals surface area contributed by atoms with Gasteiger partial charge < -0.3 is 10.6 Å². The van der Waals surface area contributed by atoms with E-state index >= 15 is 0 Å². The Morgan fingerprint density at radius 1 is 1.08 bits per heavy atom. The summed E-state index contributed by atoms with van der Waals surface area (Å²) in [5.74, 6) is -2.18. The molecule has 0 saturated carbocycles. The predicted molar refractivity (Wildman–Crippen MR) is 97.1 cm³/mol. The minimum absolute atomic E-state index is 0.0433. The van der Waals surface area contributed by atoms with Crippen molar-refractivity contribution in [2.75, 3.05) is 11.9 Å². The van der Waals surface area contributed by atoms with Crippen LogP contribution in [0.2, 0.25) is 0 Å². The Bertz CT molecular complexity index is 776. The molecule has 1 unspecified atom stereocenters. The molecule has 138 valence electrons. The third-order valence-corrected chi connectivity index (χ3v) is 4.19. The molecule has 0 fully saturated rings. The highest BCUT2D eigenvalue weighted by Gasteiger charge is 2.12. The Morgan fingerprint density at radius 2 is 1.77 bits per heavy atom. The highest BCUT2D eigenvalue weighted by molar-refractivity contribution is 5.95. The van der Waals surface area contributed by atoms with Crippen molar-refractivity contribution in [2.24, 2.45) is 0 Å². The van der Waals surface area contributed by atoms with Crippen LogP contribution in [0, 0.1) is 11.6 Å². The quantitative estimate of drug-likeness (QED) is 0.776. The number of anilines is 1. The molecule has 0 bridgehead atoms. The molecule has 2 amide bonds. The third kappa shape index (κ3) is 5.37. The largest absolute Gasteiger partial charge is 0.351 e. The van der Waals surface area contributed by atoms with Crippen LogP contribution in [0.5, 0.6) is 0 Å². The number of hydrogen-bond acceptors (Lipinski definition) is 2. The van der Waals surface area contributed by atoms with Gasteiger partial charge in [-0.05, 0) is 42.2 Å². The Labute approximate surface area is 151 Å². The first-order valence-corrected chi connectivity index (χ1v) is 8.53. The number of benzene rings is 2. The minimum atomic E-state index is -0.937. The number of halogens is 2. The van der Waals surface area contributed by atoms with Gasteiger partial charge in [-0.1, -0.05) is 26.0 Å². The standard InChI is InChI=1S/C20H22F2N2O2/c1-3-13(2)14-4-7-16(8-5-14)24-19(25)10-11-23-20(26)17-9-6-15(21)12-18(17)22/h4-9,12-13H,3,10-11H2,1-2H3,(H,23,26)(H,24,25). The highest BCUT2D eigenvalue weighted by atomic mass is 19.1. The molecule has 0 saturated heterocycles. The maximum absolute atomic E-state index is 13.5. The zero-order valence-corrected chi connectivity index (χ0v) is 14.8. The predicted octanol–water partition coefficient (Wildman–Crippen LogP) is 4.24. The summed E-state index contributed by atoms with van der Waals surface area (Å²) in [6, 6.07) is 10.3. The van der Waals surface area contributed by atoms with Crippen molar-refractivity contribution in [3.05, 3.63) is 65.2 Å². The molecule has 1 atom stereocenters. The van der Waals surface area contributed by atoms with Crippen molar-refractivity contribution in [1.82, 2.24) is 5.32 Å². The minimum Gasteiger partial charge on any atom is -0.351 e. The van der Waals surface area contributed by atoms with Crippen LogP contribution in [0.15, 0.2) is 42.5 Å². The van der Waals surface area contributed by atoms with Gasteiger partial charge in [0.1, 0.15) is 11.6 Å². The van der Waals surface area contributed by atoms with E-state index in [4.69, 9.17) is 0 Å². The SMILES string of the molecule is CCC(C)c1ccc(NC(=O)CCNC(=O)c2ccc(F)cc2F)cc1. The number of rotatable bonds is 7. The lowest BCUT2D eigenvalue weighted by Crippen LogP contribution is -2.28. The second-order valence-corrected chi connectivity index (χ2v) is 6.11. The molecule has 26 heavy (non-hydrogen) atoms. The fourth-order valence-electron chi connectivity index (χ4n) is 2.41. The molecular formula is C20H22F2N2O2. The highest BCUT2D eigenvalue weighted by Crippen LogP contribution is 2.20. The van der Waals surface area contributed by atoms with Crippen molar-refractivity contribution < 1.29 is 18.4 Å². The third-order valence-electron chi connectivity index (χ3n) is 4.19. The maximum atomic E-state index is 13.5. The van der Waals surface area contributed by atoms with Crippen molar-refractivity contribution in [2.45, 2.75) is 32.6 Å². The zero-order valence-electron chi connectivity index (χ0n) is 14.8. The van der Waals surface area contributed by atoms with Gasteiger partial charge in [0.05, 0.1) is 5.56 Å². The molecule has 2 rings (SSSR count). The molecule has 6 heteroatoms. The summed E-state index contributed by atoms with van der Waals surface area (Å²) in [7, 11) is 0. The van der Waals surface area contributed by atoms with Crippen LogP contribution >= 0.6 is 0 Å². The van der Waals surface area contributed by atoms with E-state index < -0.39 is 17.5 Å². The van der Waals surface area contributed by atoms with Crippen LogP contribution in [0.4, 0.5) is 14.5 Å². The fraction of sp³-hybridized carbons (Fsp3) is 0.300. The smallest absolute Gasteiger partial charge is 0.254 e. The van der Waals surface area contributed by atoms with Gasteiger partial charge in [-0.2, -0.15) is 0 Å². The van der Waals surface area contributed by atoms with Gasteiger partial charge in [0, 0.05) is 24.7 Å². The lowest BCUT2D eigenvalue weighted by molar-refractivity contribution is -0.116. The van der Waals surface area contributed by atoms with Gasteiger partial charge >= 0.3 is 0 Å². The number of hydrogen-bond donors (Lipinski definition) is 2. The monoisotopic (exact) mass is 360 g/mol. The van der Waals surface area contributed by atoms with Gasteiger partial charge in [-0.3, -0.25) is 9.59 Å².